The zero-order valence-electron chi connectivity index (χ0n) is 83.4. The average molecular weight is 2330 g/mol. The molecule has 8 heterocycles. The van der Waals surface area contributed by atoms with Crippen LogP contribution in [0.15, 0.2) is 142 Å². The summed E-state index contributed by atoms with van der Waals surface area (Å²) in [6, 6.07) is 15.4. The van der Waals surface area contributed by atoms with Crippen molar-refractivity contribution in [3.8, 4) is 65.0 Å². The Morgan fingerprint density at radius 1 is 0.396 bits per heavy atom. The second-order valence-electron chi connectivity index (χ2n) is 34.8. The summed E-state index contributed by atoms with van der Waals surface area (Å²) in [5.74, 6) is 14.6. The van der Waals surface area contributed by atoms with Gasteiger partial charge in [0, 0.05) is 22.3 Å². The predicted molar refractivity (Wildman–Crippen MR) is 533 cm³/mol. The standard InChI is InChI=1S/3C24H26F2N4O3S.C19H19ClF2N4O2S.C5H8O.CH2O3.CH4.2Cs.H/c3*1-6-7-15(2)33-21-13-28-20(12-29-21)19(26)11-16-8-9-18(25)17(10-16)24(5)14-34(31,32)23(3,4)22(27)30-24;1-18(2)17(23)26-19(3,10-29(18,27)28)12-6-11(4-5-13(12)21)7-14(22)15-8-25-16(20)9-24-15;1-3-4-5(2)6;2-1-4-3;;;;/h3*8-13,15H,14H2,1-5H3,(H2,27,30);4-9H,10H2,1-3H3,(H2,23,26);5-6H,1-2H3;1,3H;1H4;;;/q;;;;;;;2*+1;-1/p-1/b3*19-11-;14-7-;;;;;;/t15?,24-;15-,24+;15-,24-;19-;;;;;;/m0100....../s1. The fraction of sp³-hybridized carbons (Fsp3) is 0.378. The summed E-state index contributed by atoms with van der Waals surface area (Å²) in [4.78, 5) is 60.2. The average Bonchev–Trinajstić information content (AvgIpc) is 0.747. The second kappa shape index (κ2) is 52.5. The molecule has 0 radical (unpaired) electrons. The number of benzene rings is 4. The quantitative estimate of drug-likeness (QED) is 0.0168. The monoisotopic (exact) mass is 2330 g/mol. The van der Waals surface area contributed by atoms with Crippen molar-refractivity contribution in [2.45, 2.75) is 211 Å². The number of carbonyl (C=O) groups is 1. The van der Waals surface area contributed by atoms with Crippen LogP contribution < -0.4 is 180 Å². The first-order chi connectivity index (χ1) is 65.4. The Morgan fingerprint density at radius 2 is 0.604 bits per heavy atom. The van der Waals surface area contributed by atoms with Crippen LogP contribution in [0.25, 0.3) is 47.6 Å². The molecule has 144 heavy (non-hydrogen) atoms. The molecule has 0 fully saturated rings. The molecule has 8 atom stereocenters. The van der Waals surface area contributed by atoms with E-state index in [0.29, 0.717) is 22.3 Å². The van der Waals surface area contributed by atoms with Gasteiger partial charge < -0.3 is 53.8 Å². The molecule has 0 spiro atoms. The molecule has 46 heteroatoms. The summed E-state index contributed by atoms with van der Waals surface area (Å²) >= 11 is 5.64. The minimum atomic E-state index is -3.73. The third-order valence-corrected chi connectivity index (χ3v) is 33.2. The van der Waals surface area contributed by atoms with Crippen LogP contribution in [0.3, 0.4) is 0 Å². The molecule has 8 aromatic rings. The maximum absolute atomic E-state index is 14.9. The van der Waals surface area contributed by atoms with Gasteiger partial charge in [0.25, 0.3) is 6.47 Å². The first kappa shape index (κ1) is 127. The van der Waals surface area contributed by atoms with Gasteiger partial charge in [-0.3, -0.25) is 24.8 Å². The molecule has 4 aliphatic rings. The van der Waals surface area contributed by atoms with E-state index < -0.39 is 174 Å². The Kier molecular flexibility index (Phi) is 46.3. The van der Waals surface area contributed by atoms with Crippen LogP contribution in [0, 0.1) is 70.6 Å². The van der Waals surface area contributed by atoms with E-state index >= 15 is 0 Å². The number of hydrogen-bond acceptors (Lipinski definition) is 31. The van der Waals surface area contributed by atoms with Gasteiger partial charge in [-0.15, -0.1) is 23.7 Å². The maximum Gasteiger partial charge on any atom is 1.00 e. The van der Waals surface area contributed by atoms with Gasteiger partial charge in [-0.25, -0.2) is 109 Å². The molecule has 4 aromatic heterocycles. The Labute approximate surface area is 958 Å². The van der Waals surface area contributed by atoms with Crippen molar-refractivity contribution >= 4 is 128 Å². The van der Waals surface area contributed by atoms with Gasteiger partial charge in [-0.1, -0.05) is 67.0 Å². The molecule has 4 aromatic carbocycles. The van der Waals surface area contributed by atoms with E-state index in [1.54, 1.807) is 55.4 Å². The molecule has 9 N–H and O–H groups in total. The molecule has 0 bridgehead atoms. The van der Waals surface area contributed by atoms with Crippen LogP contribution in [-0.4, -0.2) is 175 Å². The Hall–Kier alpha value is -9.30. The number of aromatic nitrogens is 8. The number of rotatable bonds is 19. The molecule has 0 amide bonds. The van der Waals surface area contributed by atoms with E-state index in [4.69, 9.17) is 63.9 Å². The number of aliphatic hydroxyl groups excluding tert-OH is 1. The van der Waals surface area contributed by atoms with Crippen molar-refractivity contribution in [3.05, 3.63) is 218 Å². The fourth-order valence-corrected chi connectivity index (χ4v) is 20.4. The molecule has 12 rings (SSSR count). The molecule has 762 valence electrons. The summed E-state index contributed by atoms with van der Waals surface area (Å²) in [7, 11) is -14.9. The summed E-state index contributed by atoms with van der Waals surface area (Å²) in [6.45, 7) is 31.1. The van der Waals surface area contributed by atoms with Crippen LogP contribution in [0.5, 0.6) is 17.6 Å². The number of aliphatic hydroxyl groups is 1. The van der Waals surface area contributed by atoms with Crippen molar-refractivity contribution in [2.24, 2.45) is 42.9 Å². The number of halogens is 9. The van der Waals surface area contributed by atoms with Gasteiger partial charge in [0.15, 0.2) is 81.0 Å². The maximum atomic E-state index is 14.9. The van der Waals surface area contributed by atoms with Gasteiger partial charge in [-0.2, -0.15) is 0 Å². The van der Waals surface area contributed by atoms with Crippen LogP contribution in [-0.2, 0) is 71.2 Å². The topological polar surface area (TPSA) is 490 Å². The predicted octanol–water partition coefficient (Wildman–Crippen LogP) is 8.06. The molecule has 4 aliphatic heterocycles. The first-order valence-corrected chi connectivity index (χ1v) is 49.5. The summed E-state index contributed by atoms with van der Waals surface area (Å²) in [6.07, 6.45) is 12.8. The van der Waals surface area contributed by atoms with E-state index in [9.17, 15) is 68.8 Å². The van der Waals surface area contributed by atoms with Crippen molar-refractivity contribution in [1.82, 2.24) is 39.9 Å². The normalized spacial score (nSPS) is 21.1. The number of sulfone groups is 4. The van der Waals surface area contributed by atoms with Crippen molar-refractivity contribution < 1.29 is 242 Å². The number of hydrogen-bond donors (Lipinski definition) is 5. The van der Waals surface area contributed by atoms with Gasteiger partial charge >= 0.3 is 138 Å². The number of amidine groups is 4. The molecular weight excluding hydrogens is 2220 g/mol. The number of nitrogens with zero attached hydrogens (tertiary/aromatic N) is 12. The molecule has 0 saturated heterocycles. The number of nitrogens with two attached hydrogens (primary N) is 4. The van der Waals surface area contributed by atoms with Gasteiger partial charge in [0.05, 0.1) is 72.6 Å². The van der Waals surface area contributed by atoms with Gasteiger partial charge in [0.1, 0.15) is 122 Å². The Morgan fingerprint density at radius 3 is 0.764 bits per heavy atom. The third-order valence-electron chi connectivity index (χ3n) is 22.2. The largest absolute Gasteiger partial charge is 1.00 e. The fourth-order valence-electron chi connectivity index (χ4n) is 13.6. The number of carbonyl (C=O) groups excluding carboxylic acids is 1. The SMILES string of the molecule is C.CC#CC(C)O.CC#CC(C)Oc1cnc(/C(F)=C/c2ccc(F)c([C@]3(C)CS(=O)(=O)C(C)(C)C(N)=N3)c2)cn1.CC#C[C@@H](C)Oc1cnc(/C(F)=C/c2ccc(F)c([C@]3(C)CS(=O)(=O)C(C)(C)C(N)=N3)c2)cn1.CC#C[C@H](C)Oc1cnc(/C(F)=C/c2ccc(F)c([C@]3(C)CS(=O)(=O)C(C)(C)C(N)=N3)c2)cn1.CC1(C)C(N)=N[C@](C)(c2cc(/C=C(\F)c3cnc(Cl)cn3)ccc2F)CS1(=O)=O.O=CO[O-].[Cs+].[Cs+].[H-]. The van der Waals surface area contributed by atoms with Gasteiger partial charge in [0.2, 0.25) is 17.6 Å². The van der Waals surface area contributed by atoms with E-state index in [1.807, 2.05) is 0 Å². The number of aliphatic imine (C=N–C) groups is 4. The molecule has 0 aliphatic carbocycles. The van der Waals surface area contributed by atoms with Crippen LogP contribution in [0.1, 0.15) is 215 Å². The Bertz CT molecular complexity index is 6570. The van der Waals surface area contributed by atoms with E-state index in [1.165, 1.54) is 181 Å². The minimum absolute atomic E-state index is 0. The molecular formula is C98H111ClCs2F8N16O15S4. The third kappa shape index (κ3) is 32.1. The van der Waals surface area contributed by atoms with Crippen LogP contribution in [0.2, 0.25) is 5.15 Å². The van der Waals surface area contributed by atoms with Crippen molar-refractivity contribution in [1.29, 1.82) is 0 Å². The summed E-state index contributed by atoms with van der Waals surface area (Å²) in [5, 5.41) is 16.9. The zero-order chi connectivity index (χ0) is 106. The summed E-state index contributed by atoms with van der Waals surface area (Å²) < 4.78 is 231. The molecule has 2 unspecified atom stereocenters. The van der Waals surface area contributed by atoms with E-state index in [0.717, 1.165) is 48.6 Å². The van der Waals surface area contributed by atoms with Gasteiger partial charge in [-0.05, 0) is 234 Å². The van der Waals surface area contributed by atoms with E-state index in [2.05, 4.69) is 112 Å². The molecule has 31 nitrogen and oxygen atoms in total. The number of ether oxygens (including phenoxy) is 3. The minimum Gasteiger partial charge on any atom is -1.00 e. The molecule has 0 saturated carbocycles. The zero-order valence-corrected chi connectivity index (χ0v) is 99.0. The Balaban J connectivity index is 0.000000477. The first-order valence-electron chi connectivity index (χ1n) is 42.5. The smallest absolute Gasteiger partial charge is 1.00 e. The van der Waals surface area contributed by atoms with Crippen molar-refractivity contribution in [3.63, 3.8) is 0 Å². The second-order valence-corrected chi connectivity index (χ2v) is 45.3. The summed E-state index contributed by atoms with van der Waals surface area (Å²) in [5.41, 5.74) is 18.9. The van der Waals surface area contributed by atoms with Crippen LogP contribution in [0.4, 0.5) is 35.1 Å². The van der Waals surface area contributed by atoms with Crippen LogP contribution >= 0.6 is 11.6 Å². The van der Waals surface area contributed by atoms with E-state index in [-0.39, 0.29) is 244 Å². The van der Waals surface area contributed by atoms with Crippen molar-refractivity contribution in [2.75, 3.05) is 23.0 Å².